The number of urea groups is 1. The van der Waals surface area contributed by atoms with Crippen LogP contribution in [0.3, 0.4) is 0 Å². The minimum atomic E-state index is -0.0297. The number of carbonyl (C=O) groups excluding carboxylic acids is 1. The minimum absolute atomic E-state index is 0.0297. The maximum absolute atomic E-state index is 12.1. The quantitative estimate of drug-likeness (QED) is 0.848. The van der Waals surface area contributed by atoms with Gasteiger partial charge in [0.2, 0.25) is 0 Å². The lowest BCUT2D eigenvalue weighted by molar-refractivity contribution is 0.155. The summed E-state index contributed by atoms with van der Waals surface area (Å²) in [5.41, 5.74) is 1.07. The molecule has 1 atom stereocenters. The first kappa shape index (κ1) is 17.6. The van der Waals surface area contributed by atoms with Gasteiger partial charge in [-0.2, -0.15) is 0 Å². The van der Waals surface area contributed by atoms with Gasteiger partial charge in [0.15, 0.2) is 0 Å². The van der Waals surface area contributed by atoms with Crippen molar-refractivity contribution >= 4 is 6.03 Å². The van der Waals surface area contributed by atoms with E-state index in [1.807, 2.05) is 31.3 Å². The van der Waals surface area contributed by atoms with Gasteiger partial charge in [-0.3, -0.25) is 0 Å². The predicted octanol–water partition coefficient (Wildman–Crippen LogP) is 4.34. The van der Waals surface area contributed by atoms with E-state index in [0.29, 0.717) is 12.6 Å². The van der Waals surface area contributed by atoms with Gasteiger partial charge in [0.05, 0.1) is 6.10 Å². The van der Waals surface area contributed by atoms with Crippen LogP contribution in [0.5, 0.6) is 5.75 Å². The highest BCUT2D eigenvalue weighted by molar-refractivity contribution is 5.74. The summed E-state index contributed by atoms with van der Waals surface area (Å²) in [6.45, 7) is 4.67. The Labute approximate surface area is 140 Å². The summed E-state index contributed by atoms with van der Waals surface area (Å²) < 4.78 is 6.08. The lowest BCUT2D eigenvalue weighted by Gasteiger charge is -2.24. The molecule has 128 valence electrons. The van der Waals surface area contributed by atoms with E-state index in [-0.39, 0.29) is 12.1 Å². The van der Waals surface area contributed by atoms with E-state index in [2.05, 4.69) is 19.2 Å². The van der Waals surface area contributed by atoms with Crippen molar-refractivity contribution in [1.29, 1.82) is 0 Å². The number of hydrogen-bond acceptors (Lipinski definition) is 2. The Balaban J connectivity index is 1.85. The zero-order valence-electron chi connectivity index (χ0n) is 14.7. The molecule has 0 saturated heterocycles. The molecule has 2 amide bonds. The molecule has 0 aliphatic heterocycles. The average Bonchev–Trinajstić information content (AvgIpc) is 2.59. The van der Waals surface area contributed by atoms with E-state index in [1.54, 1.807) is 4.90 Å². The summed E-state index contributed by atoms with van der Waals surface area (Å²) in [5.74, 6) is 0.916. The molecule has 4 nitrogen and oxygen atoms in total. The van der Waals surface area contributed by atoms with Gasteiger partial charge in [-0.05, 0) is 56.7 Å². The van der Waals surface area contributed by atoms with Crippen LogP contribution in [-0.2, 0) is 6.54 Å². The zero-order chi connectivity index (χ0) is 16.7. The molecule has 0 bridgehead atoms. The SMILES string of the molecule is CCC(C)N(C)C(=O)NCc1cccc(OC2CCCCC2)c1. The van der Waals surface area contributed by atoms with Crippen molar-refractivity contribution in [3.05, 3.63) is 29.8 Å². The monoisotopic (exact) mass is 318 g/mol. The lowest BCUT2D eigenvalue weighted by Crippen LogP contribution is -2.41. The lowest BCUT2D eigenvalue weighted by atomic mass is 9.98. The standard InChI is InChI=1S/C19H30N2O2/c1-4-15(2)21(3)19(22)20-14-16-9-8-12-18(13-16)23-17-10-6-5-7-11-17/h8-9,12-13,15,17H,4-7,10-11,14H2,1-3H3,(H,20,22). The third-order valence-corrected chi connectivity index (χ3v) is 4.77. The first-order valence-corrected chi connectivity index (χ1v) is 8.86. The summed E-state index contributed by atoms with van der Waals surface area (Å²) in [5, 5.41) is 2.98. The fourth-order valence-corrected chi connectivity index (χ4v) is 2.88. The Kier molecular flexibility index (Phi) is 6.75. The van der Waals surface area contributed by atoms with Crippen molar-refractivity contribution in [1.82, 2.24) is 10.2 Å². The molecule has 1 aromatic rings. The van der Waals surface area contributed by atoms with Gasteiger partial charge in [0, 0.05) is 19.6 Å². The Bertz CT molecular complexity index is 498. The Morgan fingerprint density at radius 3 is 2.78 bits per heavy atom. The molecule has 1 aliphatic carbocycles. The fraction of sp³-hybridized carbons (Fsp3) is 0.632. The number of carbonyl (C=O) groups is 1. The van der Waals surface area contributed by atoms with Gasteiger partial charge < -0.3 is 15.0 Å². The molecule has 1 fully saturated rings. The number of amides is 2. The van der Waals surface area contributed by atoms with Gasteiger partial charge >= 0.3 is 6.03 Å². The van der Waals surface area contributed by atoms with Crippen LogP contribution in [0, 0.1) is 0 Å². The van der Waals surface area contributed by atoms with Gasteiger partial charge in [-0.25, -0.2) is 4.79 Å². The molecule has 0 radical (unpaired) electrons. The number of nitrogens with zero attached hydrogens (tertiary/aromatic N) is 1. The van der Waals surface area contributed by atoms with Crippen molar-refractivity contribution in [2.24, 2.45) is 0 Å². The summed E-state index contributed by atoms with van der Waals surface area (Å²) in [7, 11) is 1.84. The Hall–Kier alpha value is -1.71. The fourth-order valence-electron chi connectivity index (χ4n) is 2.88. The third kappa shape index (κ3) is 5.45. The van der Waals surface area contributed by atoms with Gasteiger partial charge in [-0.1, -0.05) is 25.5 Å². The molecule has 1 aliphatic rings. The minimum Gasteiger partial charge on any atom is -0.490 e. The van der Waals surface area contributed by atoms with Crippen LogP contribution in [0.2, 0.25) is 0 Å². The number of hydrogen-bond donors (Lipinski definition) is 1. The van der Waals surface area contributed by atoms with E-state index in [0.717, 1.165) is 30.6 Å². The molecular formula is C19H30N2O2. The van der Waals surface area contributed by atoms with E-state index < -0.39 is 0 Å². The highest BCUT2D eigenvalue weighted by atomic mass is 16.5. The van der Waals surface area contributed by atoms with Gasteiger partial charge in [0.1, 0.15) is 5.75 Å². The molecule has 0 aromatic heterocycles. The first-order valence-electron chi connectivity index (χ1n) is 8.86. The summed E-state index contributed by atoms with van der Waals surface area (Å²) in [4.78, 5) is 13.9. The van der Waals surface area contributed by atoms with Gasteiger partial charge in [0.25, 0.3) is 0 Å². The number of benzene rings is 1. The van der Waals surface area contributed by atoms with E-state index >= 15 is 0 Å². The number of nitrogens with one attached hydrogen (secondary N) is 1. The molecule has 23 heavy (non-hydrogen) atoms. The van der Waals surface area contributed by atoms with Crippen molar-refractivity contribution in [3.8, 4) is 5.75 Å². The topological polar surface area (TPSA) is 41.6 Å². The highest BCUT2D eigenvalue weighted by Crippen LogP contribution is 2.23. The Morgan fingerprint density at radius 1 is 1.35 bits per heavy atom. The van der Waals surface area contributed by atoms with Crippen LogP contribution in [0.4, 0.5) is 4.79 Å². The van der Waals surface area contributed by atoms with Gasteiger partial charge in [-0.15, -0.1) is 0 Å². The van der Waals surface area contributed by atoms with Crippen LogP contribution in [0.15, 0.2) is 24.3 Å². The molecule has 4 heteroatoms. The van der Waals surface area contributed by atoms with Crippen LogP contribution >= 0.6 is 0 Å². The molecule has 0 spiro atoms. The second-order valence-corrected chi connectivity index (χ2v) is 6.55. The molecule has 1 unspecified atom stereocenters. The van der Waals surface area contributed by atoms with Crippen LogP contribution in [-0.4, -0.2) is 30.1 Å². The molecule has 1 aromatic carbocycles. The number of rotatable bonds is 6. The largest absolute Gasteiger partial charge is 0.490 e. The van der Waals surface area contributed by atoms with Crippen molar-refractivity contribution < 1.29 is 9.53 Å². The molecule has 0 heterocycles. The molecular weight excluding hydrogens is 288 g/mol. The summed E-state index contributed by atoms with van der Waals surface area (Å²) in [6.07, 6.45) is 7.47. The first-order chi connectivity index (χ1) is 11.1. The van der Waals surface area contributed by atoms with Crippen LogP contribution in [0.25, 0.3) is 0 Å². The molecule has 1 N–H and O–H groups in total. The van der Waals surface area contributed by atoms with Crippen LogP contribution < -0.4 is 10.1 Å². The average molecular weight is 318 g/mol. The predicted molar refractivity (Wildman–Crippen MR) is 93.7 cm³/mol. The number of ether oxygens (including phenoxy) is 1. The maximum Gasteiger partial charge on any atom is 0.317 e. The summed E-state index contributed by atoms with van der Waals surface area (Å²) in [6, 6.07) is 8.28. The van der Waals surface area contributed by atoms with Crippen LogP contribution in [0.1, 0.15) is 57.9 Å². The highest BCUT2D eigenvalue weighted by Gasteiger charge is 2.15. The second kappa shape index (κ2) is 8.80. The van der Waals surface area contributed by atoms with Crippen molar-refractivity contribution in [2.45, 2.75) is 71.1 Å². The molecule has 1 saturated carbocycles. The van der Waals surface area contributed by atoms with Crippen molar-refractivity contribution in [3.63, 3.8) is 0 Å². The summed E-state index contributed by atoms with van der Waals surface area (Å²) >= 11 is 0. The molecule has 2 rings (SSSR count). The Morgan fingerprint density at radius 2 is 2.09 bits per heavy atom. The van der Waals surface area contributed by atoms with Crippen molar-refractivity contribution in [2.75, 3.05) is 7.05 Å². The maximum atomic E-state index is 12.1. The van der Waals surface area contributed by atoms with E-state index in [1.165, 1.54) is 19.3 Å². The third-order valence-electron chi connectivity index (χ3n) is 4.77. The van der Waals surface area contributed by atoms with E-state index in [4.69, 9.17) is 4.74 Å². The zero-order valence-corrected chi connectivity index (χ0v) is 14.7. The normalized spacial score (nSPS) is 16.7. The second-order valence-electron chi connectivity index (χ2n) is 6.55. The smallest absolute Gasteiger partial charge is 0.317 e. The van der Waals surface area contributed by atoms with E-state index in [9.17, 15) is 4.79 Å².